The minimum absolute atomic E-state index is 0.184. The lowest BCUT2D eigenvalue weighted by Gasteiger charge is -2.16. The Kier molecular flexibility index (Phi) is 6.16. The van der Waals surface area contributed by atoms with Crippen LogP contribution < -0.4 is 0 Å². The second kappa shape index (κ2) is 7.40. The Balaban J connectivity index is 2.89. The summed E-state index contributed by atoms with van der Waals surface area (Å²) in [7, 11) is -1.92. The van der Waals surface area contributed by atoms with Crippen molar-refractivity contribution >= 4 is 16.0 Å². The smallest absolute Gasteiger partial charge is 0.338 e. The Labute approximate surface area is 120 Å². The Hall–Kier alpha value is -1.40. The van der Waals surface area contributed by atoms with Gasteiger partial charge in [0.05, 0.1) is 17.1 Å². The van der Waals surface area contributed by atoms with Crippen molar-refractivity contribution in [1.29, 1.82) is 0 Å². The molecule has 0 aromatic heterocycles. The maximum absolute atomic E-state index is 12.3. The topological polar surface area (TPSA) is 63.7 Å². The first kappa shape index (κ1) is 16.7. The molecule has 0 aliphatic carbocycles. The second-order valence-corrected chi connectivity index (χ2v) is 6.47. The Morgan fingerprint density at radius 3 is 2.30 bits per heavy atom. The third-order valence-electron chi connectivity index (χ3n) is 2.90. The van der Waals surface area contributed by atoms with Crippen LogP contribution in [0, 0.1) is 0 Å². The van der Waals surface area contributed by atoms with Crippen LogP contribution in [-0.2, 0) is 14.8 Å². The molecule has 0 spiro atoms. The van der Waals surface area contributed by atoms with Gasteiger partial charge in [0.2, 0.25) is 10.0 Å². The molecule has 0 aliphatic heterocycles. The van der Waals surface area contributed by atoms with E-state index >= 15 is 0 Å². The van der Waals surface area contributed by atoms with E-state index in [2.05, 4.69) is 0 Å². The molecule has 0 saturated heterocycles. The third kappa shape index (κ3) is 4.05. The lowest BCUT2D eigenvalue weighted by Crippen LogP contribution is -2.27. The standard InChI is InChI=1S/C14H21NO4S/c1-4-6-11-15(3)20(17,18)13-9-7-12(8-10-13)14(16)19-5-2/h7-10H,4-6,11H2,1-3H3. The van der Waals surface area contributed by atoms with E-state index in [-0.39, 0.29) is 4.90 Å². The quantitative estimate of drug-likeness (QED) is 0.725. The Morgan fingerprint density at radius 2 is 1.80 bits per heavy atom. The second-order valence-electron chi connectivity index (χ2n) is 4.42. The van der Waals surface area contributed by atoms with E-state index in [0.29, 0.717) is 18.7 Å². The van der Waals surface area contributed by atoms with Crippen molar-refractivity contribution in [2.75, 3.05) is 20.2 Å². The minimum Gasteiger partial charge on any atom is -0.462 e. The average Bonchev–Trinajstić information content (AvgIpc) is 2.45. The number of hydrogen-bond donors (Lipinski definition) is 0. The summed E-state index contributed by atoms with van der Waals surface area (Å²) in [6, 6.07) is 5.81. The molecule has 0 fully saturated rings. The van der Waals surface area contributed by atoms with Crippen LogP contribution in [0.4, 0.5) is 0 Å². The highest BCUT2D eigenvalue weighted by Gasteiger charge is 2.20. The molecule has 6 heteroatoms. The van der Waals surface area contributed by atoms with Crippen LogP contribution in [0.3, 0.4) is 0 Å². The van der Waals surface area contributed by atoms with Crippen molar-refractivity contribution in [1.82, 2.24) is 4.31 Å². The lowest BCUT2D eigenvalue weighted by molar-refractivity contribution is 0.0526. The Morgan fingerprint density at radius 1 is 1.20 bits per heavy atom. The zero-order chi connectivity index (χ0) is 15.2. The highest BCUT2D eigenvalue weighted by molar-refractivity contribution is 7.89. The zero-order valence-corrected chi connectivity index (χ0v) is 12.9. The monoisotopic (exact) mass is 299 g/mol. The van der Waals surface area contributed by atoms with Crippen molar-refractivity contribution in [3.8, 4) is 0 Å². The molecular weight excluding hydrogens is 278 g/mol. The largest absolute Gasteiger partial charge is 0.462 e. The molecule has 0 N–H and O–H groups in total. The third-order valence-corrected chi connectivity index (χ3v) is 4.77. The van der Waals surface area contributed by atoms with Crippen LogP contribution in [0.5, 0.6) is 0 Å². The van der Waals surface area contributed by atoms with Gasteiger partial charge in [0.15, 0.2) is 0 Å². The fourth-order valence-electron chi connectivity index (χ4n) is 1.66. The summed E-state index contributed by atoms with van der Waals surface area (Å²) < 4.78 is 30.7. The van der Waals surface area contributed by atoms with Crippen molar-refractivity contribution in [3.63, 3.8) is 0 Å². The maximum Gasteiger partial charge on any atom is 0.338 e. The van der Waals surface area contributed by atoms with Crippen LogP contribution in [-0.4, -0.2) is 38.9 Å². The first-order chi connectivity index (χ1) is 9.43. The van der Waals surface area contributed by atoms with Gasteiger partial charge in [-0.15, -0.1) is 0 Å². The van der Waals surface area contributed by atoms with E-state index in [0.717, 1.165) is 12.8 Å². The van der Waals surface area contributed by atoms with Crippen LogP contribution in [0.2, 0.25) is 0 Å². The Bertz CT molecular complexity index is 537. The molecule has 5 nitrogen and oxygen atoms in total. The molecule has 0 saturated carbocycles. The fourth-order valence-corrected chi connectivity index (χ4v) is 2.87. The van der Waals surface area contributed by atoms with Gasteiger partial charge in [-0.05, 0) is 37.6 Å². The highest BCUT2D eigenvalue weighted by atomic mass is 32.2. The van der Waals surface area contributed by atoms with E-state index < -0.39 is 16.0 Å². The molecule has 0 radical (unpaired) electrons. The van der Waals surface area contributed by atoms with Gasteiger partial charge in [-0.25, -0.2) is 17.5 Å². The molecule has 1 rings (SSSR count). The van der Waals surface area contributed by atoms with Crippen molar-refractivity contribution < 1.29 is 17.9 Å². The molecule has 0 bridgehead atoms. The molecule has 0 heterocycles. The van der Waals surface area contributed by atoms with Gasteiger partial charge in [0, 0.05) is 13.6 Å². The van der Waals surface area contributed by atoms with E-state index in [4.69, 9.17) is 4.74 Å². The first-order valence-electron chi connectivity index (χ1n) is 6.67. The number of ether oxygens (including phenoxy) is 1. The number of benzene rings is 1. The molecule has 0 atom stereocenters. The molecule has 20 heavy (non-hydrogen) atoms. The van der Waals surface area contributed by atoms with Crippen LogP contribution >= 0.6 is 0 Å². The summed E-state index contributed by atoms with van der Waals surface area (Å²) in [5.41, 5.74) is 0.349. The van der Waals surface area contributed by atoms with Crippen LogP contribution in [0.25, 0.3) is 0 Å². The number of rotatable bonds is 7. The van der Waals surface area contributed by atoms with E-state index in [1.54, 1.807) is 14.0 Å². The number of carbonyl (C=O) groups excluding carboxylic acids is 1. The van der Waals surface area contributed by atoms with Crippen molar-refractivity contribution in [3.05, 3.63) is 29.8 Å². The van der Waals surface area contributed by atoms with Gasteiger partial charge >= 0.3 is 5.97 Å². The molecule has 0 aliphatic rings. The average molecular weight is 299 g/mol. The van der Waals surface area contributed by atoms with Gasteiger partial charge in [0.1, 0.15) is 0 Å². The first-order valence-corrected chi connectivity index (χ1v) is 8.11. The van der Waals surface area contributed by atoms with Crippen molar-refractivity contribution in [2.24, 2.45) is 0 Å². The number of hydrogen-bond acceptors (Lipinski definition) is 4. The summed E-state index contributed by atoms with van der Waals surface area (Å²) in [6.07, 6.45) is 1.75. The van der Waals surface area contributed by atoms with Gasteiger partial charge in [0.25, 0.3) is 0 Å². The number of unbranched alkanes of at least 4 members (excludes halogenated alkanes) is 1. The number of carbonyl (C=O) groups is 1. The van der Waals surface area contributed by atoms with Gasteiger partial charge in [-0.2, -0.15) is 0 Å². The summed E-state index contributed by atoms with van der Waals surface area (Å²) in [6.45, 7) is 4.51. The maximum atomic E-state index is 12.3. The molecule has 1 aromatic rings. The van der Waals surface area contributed by atoms with E-state index in [1.165, 1.54) is 28.6 Å². The van der Waals surface area contributed by atoms with Crippen molar-refractivity contribution in [2.45, 2.75) is 31.6 Å². The predicted molar refractivity (Wildman–Crippen MR) is 77.1 cm³/mol. The summed E-state index contributed by atoms with van der Waals surface area (Å²) in [5, 5.41) is 0. The molecule has 1 aromatic carbocycles. The highest BCUT2D eigenvalue weighted by Crippen LogP contribution is 2.16. The number of sulfonamides is 1. The van der Waals surface area contributed by atoms with Gasteiger partial charge in [-0.3, -0.25) is 0 Å². The lowest BCUT2D eigenvalue weighted by atomic mass is 10.2. The van der Waals surface area contributed by atoms with E-state index in [1.807, 2.05) is 6.92 Å². The molecule has 0 amide bonds. The van der Waals surface area contributed by atoms with E-state index in [9.17, 15) is 13.2 Å². The zero-order valence-electron chi connectivity index (χ0n) is 12.1. The minimum atomic E-state index is -3.48. The normalized spacial score (nSPS) is 11.6. The molecule has 0 unspecified atom stereocenters. The predicted octanol–water partition coefficient (Wildman–Crippen LogP) is 2.28. The summed E-state index contributed by atoms with van der Waals surface area (Å²) in [4.78, 5) is 11.7. The van der Waals surface area contributed by atoms with Crippen LogP contribution in [0.1, 0.15) is 37.0 Å². The molecular formula is C14H21NO4S. The summed E-state index contributed by atoms with van der Waals surface area (Å²) >= 11 is 0. The van der Waals surface area contributed by atoms with Gasteiger partial charge in [-0.1, -0.05) is 13.3 Å². The fraction of sp³-hybridized carbons (Fsp3) is 0.500. The molecule has 112 valence electrons. The van der Waals surface area contributed by atoms with Gasteiger partial charge < -0.3 is 4.74 Å². The number of nitrogens with zero attached hydrogens (tertiary/aromatic N) is 1. The van der Waals surface area contributed by atoms with Crippen LogP contribution in [0.15, 0.2) is 29.2 Å². The number of esters is 1. The summed E-state index contributed by atoms with van der Waals surface area (Å²) in [5.74, 6) is -0.448. The SMILES string of the molecule is CCCCN(C)S(=O)(=O)c1ccc(C(=O)OCC)cc1.